The number of hydrogen-bond donors (Lipinski definition) is 2. The molecule has 0 spiro atoms. The molecule has 0 saturated carbocycles. The lowest BCUT2D eigenvalue weighted by atomic mass is 9.85. The maximum absolute atomic E-state index is 12.4. The van der Waals surface area contributed by atoms with Crippen molar-refractivity contribution in [2.45, 2.75) is 38.0 Å². The minimum absolute atomic E-state index is 0.242. The first-order valence-corrected chi connectivity index (χ1v) is 8.29. The molecule has 5 nitrogen and oxygen atoms in total. The number of aromatic amines is 1. The molecule has 1 aromatic carbocycles. The van der Waals surface area contributed by atoms with Gasteiger partial charge in [-0.15, -0.1) is 0 Å². The molecule has 0 aliphatic carbocycles. The monoisotopic (exact) mass is 307 g/mol. The molecule has 1 aromatic heterocycles. The SMILES string of the molecule is Cc1n[nH]c(C)c1S(=O)(=O)NCC(C)(C)c1ccccc1. The van der Waals surface area contributed by atoms with Gasteiger partial charge in [0, 0.05) is 12.0 Å². The smallest absolute Gasteiger partial charge is 0.244 e. The fourth-order valence-corrected chi connectivity index (χ4v) is 3.85. The van der Waals surface area contributed by atoms with E-state index in [1.54, 1.807) is 13.8 Å². The van der Waals surface area contributed by atoms with E-state index < -0.39 is 10.0 Å². The van der Waals surface area contributed by atoms with Crippen molar-refractivity contribution < 1.29 is 8.42 Å². The second-order valence-electron chi connectivity index (χ2n) is 5.84. The molecule has 114 valence electrons. The number of aryl methyl sites for hydroxylation is 2. The number of aromatic nitrogens is 2. The Morgan fingerprint density at radius 3 is 2.33 bits per heavy atom. The summed E-state index contributed by atoms with van der Waals surface area (Å²) in [4.78, 5) is 0.242. The minimum Gasteiger partial charge on any atom is -0.281 e. The first-order valence-electron chi connectivity index (χ1n) is 6.81. The van der Waals surface area contributed by atoms with Crippen LogP contribution in [0, 0.1) is 13.8 Å². The van der Waals surface area contributed by atoms with Gasteiger partial charge >= 0.3 is 0 Å². The summed E-state index contributed by atoms with van der Waals surface area (Å²) in [7, 11) is -3.56. The normalized spacial score (nSPS) is 12.6. The van der Waals surface area contributed by atoms with E-state index in [2.05, 4.69) is 14.9 Å². The molecule has 0 bridgehead atoms. The molecule has 2 rings (SSSR count). The summed E-state index contributed by atoms with van der Waals surface area (Å²) in [5.74, 6) is 0. The Kier molecular flexibility index (Phi) is 4.20. The average Bonchev–Trinajstić information content (AvgIpc) is 2.78. The number of sulfonamides is 1. The van der Waals surface area contributed by atoms with Gasteiger partial charge in [0.05, 0.1) is 11.4 Å². The topological polar surface area (TPSA) is 74.8 Å². The van der Waals surface area contributed by atoms with E-state index in [0.29, 0.717) is 17.9 Å². The Bertz CT molecular complexity index is 699. The van der Waals surface area contributed by atoms with Gasteiger partial charge in [0.15, 0.2) is 0 Å². The Morgan fingerprint density at radius 1 is 1.19 bits per heavy atom. The van der Waals surface area contributed by atoms with Crippen LogP contribution in [0.15, 0.2) is 35.2 Å². The lowest BCUT2D eigenvalue weighted by Crippen LogP contribution is -2.37. The van der Waals surface area contributed by atoms with E-state index in [1.807, 2.05) is 44.2 Å². The number of nitrogens with zero attached hydrogens (tertiary/aromatic N) is 1. The van der Waals surface area contributed by atoms with Gasteiger partial charge in [-0.05, 0) is 19.4 Å². The third-order valence-electron chi connectivity index (χ3n) is 3.59. The zero-order valence-electron chi connectivity index (χ0n) is 12.8. The summed E-state index contributed by atoms with van der Waals surface area (Å²) in [6.07, 6.45) is 0. The van der Waals surface area contributed by atoms with Crippen molar-refractivity contribution in [3.63, 3.8) is 0 Å². The molecule has 2 N–H and O–H groups in total. The van der Waals surface area contributed by atoms with Gasteiger partial charge in [-0.25, -0.2) is 13.1 Å². The van der Waals surface area contributed by atoms with Crippen LogP contribution in [0.2, 0.25) is 0 Å². The second-order valence-corrected chi connectivity index (χ2v) is 7.54. The zero-order chi connectivity index (χ0) is 15.7. The molecule has 0 radical (unpaired) electrons. The third-order valence-corrected chi connectivity index (χ3v) is 5.25. The molecule has 1 heterocycles. The number of rotatable bonds is 5. The van der Waals surface area contributed by atoms with Gasteiger partial charge in [0.25, 0.3) is 0 Å². The maximum atomic E-state index is 12.4. The highest BCUT2D eigenvalue weighted by Crippen LogP contribution is 2.23. The van der Waals surface area contributed by atoms with E-state index in [9.17, 15) is 8.42 Å². The zero-order valence-corrected chi connectivity index (χ0v) is 13.6. The first-order chi connectivity index (χ1) is 9.74. The second kappa shape index (κ2) is 5.61. The van der Waals surface area contributed by atoms with Crippen molar-refractivity contribution in [2.24, 2.45) is 0 Å². The number of nitrogens with one attached hydrogen (secondary N) is 2. The number of H-pyrrole nitrogens is 1. The molecule has 6 heteroatoms. The Labute approximate surface area is 125 Å². The van der Waals surface area contributed by atoms with Crippen molar-refractivity contribution in [3.8, 4) is 0 Å². The van der Waals surface area contributed by atoms with E-state index in [1.165, 1.54) is 0 Å². The largest absolute Gasteiger partial charge is 0.281 e. The maximum Gasteiger partial charge on any atom is 0.244 e. The molecule has 0 aliphatic heterocycles. The van der Waals surface area contributed by atoms with Crippen LogP contribution in [0.25, 0.3) is 0 Å². The predicted octanol–water partition coefficient (Wildman–Crippen LogP) is 2.28. The first kappa shape index (κ1) is 15.7. The molecule has 0 fully saturated rings. The predicted molar refractivity (Wildman–Crippen MR) is 82.7 cm³/mol. The third kappa shape index (κ3) is 3.33. The molecule has 0 aliphatic rings. The van der Waals surface area contributed by atoms with Crippen molar-refractivity contribution in [1.82, 2.24) is 14.9 Å². The highest BCUT2D eigenvalue weighted by molar-refractivity contribution is 7.89. The summed E-state index contributed by atoms with van der Waals surface area (Å²) in [5.41, 5.74) is 1.84. The van der Waals surface area contributed by atoms with Gasteiger partial charge in [-0.2, -0.15) is 5.10 Å². The molecular weight excluding hydrogens is 286 g/mol. The van der Waals surface area contributed by atoms with Crippen LogP contribution in [0.1, 0.15) is 30.8 Å². The lowest BCUT2D eigenvalue weighted by Gasteiger charge is -2.25. The summed E-state index contributed by atoms with van der Waals surface area (Å²) < 4.78 is 27.6. The minimum atomic E-state index is -3.56. The van der Waals surface area contributed by atoms with Gasteiger partial charge in [0.1, 0.15) is 4.90 Å². The van der Waals surface area contributed by atoms with Crippen molar-refractivity contribution in [2.75, 3.05) is 6.54 Å². The van der Waals surface area contributed by atoms with Crippen LogP contribution in [-0.4, -0.2) is 25.2 Å². The highest BCUT2D eigenvalue weighted by atomic mass is 32.2. The van der Waals surface area contributed by atoms with E-state index in [0.717, 1.165) is 5.56 Å². The summed E-state index contributed by atoms with van der Waals surface area (Å²) in [6.45, 7) is 7.74. The Morgan fingerprint density at radius 2 is 1.81 bits per heavy atom. The quantitative estimate of drug-likeness (QED) is 0.890. The van der Waals surface area contributed by atoms with Crippen molar-refractivity contribution in [1.29, 1.82) is 0 Å². The number of hydrogen-bond acceptors (Lipinski definition) is 3. The number of benzene rings is 1. The highest BCUT2D eigenvalue weighted by Gasteiger charge is 2.27. The van der Waals surface area contributed by atoms with Crippen LogP contribution >= 0.6 is 0 Å². The van der Waals surface area contributed by atoms with Crippen molar-refractivity contribution in [3.05, 3.63) is 47.3 Å². The molecule has 21 heavy (non-hydrogen) atoms. The van der Waals surface area contributed by atoms with Gasteiger partial charge in [-0.3, -0.25) is 5.10 Å². The van der Waals surface area contributed by atoms with E-state index in [4.69, 9.17) is 0 Å². The van der Waals surface area contributed by atoms with E-state index in [-0.39, 0.29) is 10.3 Å². The molecule has 2 aromatic rings. The van der Waals surface area contributed by atoms with Gasteiger partial charge in [0.2, 0.25) is 10.0 Å². The van der Waals surface area contributed by atoms with Crippen LogP contribution < -0.4 is 4.72 Å². The average molecular weight is 307 g/mol. The Hall–Kier alpha value is -1.66. The van der Waals surface area contributed by atoms with Crippen LogP contribution in [0.5, 0.6) is 0 Å². The molecule has 0 saturated heterocycles. The summed E-state index contributed by atoms with van der Waals surface area (Å²) in [5, 5.41) is 6.64. The molecule has 0 atom stereocenters. The van der Waals surface area contributed by atoms with Gasteiger partial charge < -0.3 is 0 Å². The summed E-state index contributed by atoms with van der Waals surface area (Å²) >= 11 is 0. The molecular formula is C15H21N3O2S. The molecule has 0 amide bonds. The Balaban J connectivity index is 2.20. The standard InChI is InChI=1S/C15H21N3O2S/c1-11-14(12(2)18-17-11)21(19,20)16-10-15(3,4)13-8-6-5-7-9-13/h5-9,16H,10H2,1-4H3,(H,17,18). The fourth-order valence-electron chi connectivity index (χ4n) is 2.28. The van der Waals surface area contributed by atoms with Crippen molar-refractivity contribution >= 4 is 10.0 Å². The molecule has 0 unspecified atom stereocenters. The van der Waals surface area contributed by atoms with Crippen LogP contribution in [0.4, 0.5) is 0 Å². The van der Waals surface area contributed by atoms with E-state index >= 15 is 0 Å². The van der Waals surface area contributed by atoms with Crippen LogP contribution in [-0.2, 0) is 15.4 Å². The van der Waals surface area contributed by atoms with Gasteiger partial charge in [-0.1, -0.05) is 44.2 Å². The lowest BCUT2D eigenvalue weighted by molar-refractivity contribution is 0.501. The summed E-state index contributed by atoms with van der Waals surface area (Å²) in [6, 6.07) is 9.86. The fraction of sp³-hybridized carbons (Fsp3) is 0.400. The van der Waals surface area contributed by atoms with Crippen LogP contribution in [0.3, 0.4) is 0 Å².